The van der Waals surface area contributed by atoms with E-state index in [-0.39, 0.29) is 44.1 Å². The summed E-state index contributed by atoms with van der Waals surface area (Å²) in [7, 11) is 0. The van der Waals surface area contributed by atoms with Gasteiger partial charge in [0.1, 0.15) is 0 Å². The van der Waals surface area contributed by atoms with Crippen molar-refractivity contribution in [2.75, 3.05) is 0 Å². The second kappa shape index (κ2) is 5.77. The van der Waals surface area contributed by atoms with Gasteiger partial charge in [-0.1, -0.05) is 13.8 Å². The van der Waals surface area contributed by atoms with Crippen molar-refractivity contribution in [2.24, 2.45) is 5.73 Å². The first-order valence-electron chi connectivity index (χ1n) is 2.54. The van der Waals surface area contributed by atoms with Crippen LogP contribution in [0.1, 0.15) is 27.7 Å². The summed E-state index contributed by atoms with van der Waals surface area (Å²) in [6.07, 6.45) is 0. The standard InChI is InChI=1S/C6H14N.CH3.U/c1-5(2)6(3,4)7;;/h7H2,1-4H3;1H3;/q2*-1;+2. The summed E-state index contributed by atoms with van der Waals surface area (Å²) in [5.41, 5.74) is 5.56. The first-order chi connectivity index (χ1) is 2.94. The SMILES string of the molecule is C[C-](C)C(C)(C)N.[CH3-].[U+2]. The summed E-state index contributed by atoms with van der Waals surface area (Å²) in [6.45, 7) is 8.09. The molecule has 0 heterocycles. The van der Waals surface area contributed by atoms with Crippen LogP contribution in [-0.2, 0) is 0 Å². The van der Waals surface area contributed by atoms with E-state index in [1.54, 1.807) is 0 Å². The molecule has 0 aromatic rings. The zero-order valence-electron chi connectivity index (χ0n) is 7.08. The Bertz CT molecular complexity index is 54.4. The van der Waals surface area contributed by atoms with E-state index >= 15 is 0 Å². The molecule has 54 valence electrons. The summed E-state index contributed by atoms with van der Waals surface area (Å²) in [5.74, 6) is 1.27. The zero-order valence-corrected chi connectivity index (χ0v) is 11.2. The third kappa shape index (κ3) is 9.01. The minimum Gasteiger partial charge on any atom is -0.358 e. The Balaban J connectivity index is -0.000000180. The largest absolute Gasteiger partial charge is 2.00 e. The van der Waals surface area contributed by atoms with E-state index in [2.05, 4.69) is 0 Å². The minimum absolute atomic E-state index is 0. The van der Waals surface area contributed by atoms with Gasteiger partial charge in [0.15, 0.2) is 0 Å². The molecule has 0 aliphatic carbocycles. The van der Waals surface area contributed by atoms with Crippen molar-refractivity contribution in [1.82, 2.24) is 0 Å². The predicted molar refractivity (Wildman–Crippen MR) is 39.3 cm³/mol. The molecule has 0 saturated heterocycles. The van der Waals surface area contributed by atoms with Gasteiger partial charge in [-0.3, -0.25) is 0 Å². The van der Waals surface area contributed by atoms with E-state index in [1.807, 2.05) is 27.7 Å². The van der Waals surface area contributed by atoms with Crippen molar-refractivity contribution in [3.63, 3.8) is 0 Å². The molecule has 9 heavy (non-hydrogen) atoms. The molecule has 0 rings (SSSR count). The summed E-state index contributed by atoms with van der Waals surface area (Å²) < 4.78 is 0. The van der Waals surface area contributed by atoms with Crippen LogP contribution in [0.4, 0.5) is 0 Å². The first kappa shape index (κ1) is 16.5. The Labute approximate surface area is 83.2 Å². The monoisotopic (exact) mass is 353 g/mol. The van der Waals surface area contributed by atoms with Crippen molar-refractivity contribution in [3.05, 3.63) is 13.3 Å². The molecule has 2 heteroatoms. The second-order valence-corrected chi connectivity index (χ2v) is 2.72. The number of rotatable bonds is 1. The Hall–Kier alpha value is 1.01. The molecule has 2 N–H and O–H groups in total. The number of nitrogens with two attached hydrogens (primary N) is 1. The van der Waals surface area contributed by atoms with Crippen LogP contribution in [0.5, 0.6) is 0 Å². The van der Waals surface area contributed by atoms with Crippen LogP contribution in [0.15, 0.2) is 0 Å². The van der Waals surface area contributed by atoms with Gasteiger partial charge in [0.05, 0.1) is 0 Å². The molecule has 0 unspecified atom stereocenters. The molecular formula is C7H17NU. The van der Waals surface area contributed by atoms with Gasteiger partial charge in [-0.05, 0) is 0 Å². The molecule has 0 aliphatic heterocycles. The van der Waals surface area contributed by atoms with E-state index < -0.39 is 0 Å². The van der Waals surface area contributed by atoms with Crippen LogP contribution in [0.25, 0.3) is 0 Å². The average Bonchev–Trinajstić information content (AvgIpc) is 1.31. The molecule has 0 spiro atoms. The summed E-state index contributed by atoms with van der Waals surface area (Å²) in [5, 5.41) is 0. The summed E-state index contributed by atoms with van der Waals surface area (Å²) >= 11 is 0. The van der Waals surface area contributed by atoms with E-state index in [0.29, 0.717) is 0 Å². The third-order valence-electron chi connectivity index (χ3n) is 1.29. The normalized spacial score (nSPS) is 10.0. The Morgan fingerprint density at radius 3 is 1.33 bits per heavy atom. The molecule has 0 aliphatic rings. The third-order valence-corrected chi connectivity index (χ3v) is 1.29. The molecular weight excluding hydrogens is 336 g/mol. The summed E-state index contributed by atoms with van der Waals surface area (Å²) in [4.78, 5) is 0. The fourth-order valence-electron chi connectivity index (χ4n) is 0. The molecule has 0 aromatic heterocycles. The molecule has 0 radical (unpaired) electrons. The van der Waals surface area contributed by atoms with Crippen LogP contribution in [0, 0.1) is 44.5 Å². The predicted octanol–water partition coefficient (Wildman–Crippen LogP) is 1.79. The van der Waals surface area contributed by atoms with Gasteiger partial charge in [-0.25, -0.2) is 0 Å². The second-order valence-electron chi connectivity index (χ2n) is 2.72. The van der Waals surface area contributed by atoms with E-state index in [4.69, 9.17) is 5.73 Å². The molecule has 0 saturated carbocycles. The molecule has 0 aromatic carbocycles. The van der Waals surface area contributed by atoms with Crippen molar-refractivity contribution in [2.45, 2.75) is 33.2 Å². The van der Waals surface area contributed by atoms with Crippen LogP contribution < -0.4 is 5.73 Å². The average molecular weight is 353 g/mol. The van der Waals surface area contributed by atoms with Gasteiger partial charge < -0.3 is 19.1 Å². The smallest absolute Gasteiger partial charge is 0.358 e. The zero-order chi connectivity index (χ0) is 6.08. The number of hydrogen-bond acceptors (Lipinski definition) is 1. The Morgan fingerprint density at radius 1 is 1.22 bits per heavy atom. The van der Waals surface area contributed by atoms with Crippen LogP contribution in [0.2, 0.25) is 0 Å². The van der Waals surface area contributed by atoms with Crippen LogP contribution >= 0.6 is 0 Å². The maximum Gasteiger partial charge on any atom is 2.00 e. The molecule has 0 amide bonds. The quantitative estimate of drug-likeness (QED) is 0.715. The van der Waals surface area contributed by atoms with Crippen molar-refractivity contribution < 1.29 is 31.1 Å². The Morgan fingerprint density at radius 2 is 1.33 bits per heavy atom. The topological polar surface area (TPSA) is 26.0 Å². The van der Waals surface area contributed by atoms with E-state index in [9.17, 15) is 0 Å². The summed E-state index contributed by atoms with van der Waals surface area (Å²) in [6, 6.07) is 0. The fraction of sp³-hybridized carbons (Fsp3) is 0.714. The Kier molecular flexibility index (Phi) is 10.6. The van der Waals surface area contributed by atoms with Crippen molar-refractivity contribution in [1.29, 1.82) is 0 Å². The maximum absolute atomic E-state index is 5.64. The molecule has 0 atom stereocenters. The van der Waals surface area contributed by atoms with Crippen molar-refractivity contribution >= 4 is 0 Å². The van der Waals surface area contributed by atoms with E-state index in [0.717, 1.165) is 0 Å². The van der Waals surface area contributed by atoms with Gasteiger partial charge >= 0.3 is 31.1 Å². The fourth-order valence-corrected chi connectivity index (χ4v) is 0. The van der Waals surface area contributed by atoms with Gasteiger partial charge in [-0.15, -0.1) is 5.54 Å². The van der Waals surface area contributed by atoms with Gasteiger partial charge in [0.2, 0.25) is 0 Å². The van der Waals surface area contributed by atoms with Crippen molar-refractivity contribution in [3.8, 4) is 0 Å². The molecule has 1 nitrogen and oxygen atoms in total. The van der Waals surface area contributed by atoms with E-state index in [1.165, 1.54) is 5.92 Å². The number of hydrogen-bond donors (Lipinski definition) is 1. The molecule has 0 fully saturated rings. The van der Waals surface area contributed by atoms with Gasteiger partial charge in [0, 0.05) is 0 Å². The maximum atomic E-state index is 5.64. The van der Waals surface area contributed by atoms with Gasteiger partial charge in [0.25, 0.3) is 0 Å². The van der Waals surface area contributed by atoms with Gasteiger partial charge in [-0.2, -0.15) is 13.8 Å². The van der Waals surface area contributed by atoms with Crippen LogP contribution in [0.3, 0.4) is 0 Å². The first-order valence-corrected chi connectivity index (χ1v) is 2.54. The minimum atomic E-state index is -0.0833. The van der Waals surface area contributed by atoms with Crippen LogP contribution in [-0.4, -0.2) is 5.54 Å². The molecule has 0 bridgehead atoms.